The molecule has 0 aliphatic carbocycles. The first-order chi connectivity index (χ1) is 15.6. The third-order valence-corrected chi connectivity index (χ3v) is 5.43. The Bertz CT molecular complexity index is 1290. The van der Waals surface area contributed by atoms with Crippen LogP contribution in [0, 0.1) is 5.82 Å². The van der Waals surface area contributed by atoms with Crippen LogP contribution in [0.4, 0.5) is 17.6 Å². The summed E-state index contributed by atoms with van der Waals surface area (Å²) in [6, 6.07) is 13.4. The van der Waals surface area contributed by atoms with Gasteiger partial charge in [0.05, 0.1) is 27.5 Å². The van der Waals surface area contributed by atoms with Crippen LogP contribution in [-0.2, 0) is 12.8 Å². The summed E-state index contributed by atoms with van der Waals surface area (Å²) in [5.41, 5.74) is 0.742. The number of ether oxygens (including phenoxy) is 1. The molecule has 33 heavy (non-hydrogen) atoms. The number of nitrogens with zero attached hydrogens (tertiary/aromatic N) is 3. The first-order valence-corrected chi connectivity index (χ1v) is 10.4. The van der Waals surface area contributed by atoms with Gasteiger partial charge in [-0.05, 0) is 35.9 Å². The molecule has 0 N–H and O–H groups in total. The normalized spacial score (nSPS) is 11.6. The van der Waals surface area contributed by atoms with E-state index in [2.05, 4.69) is 10.1 Å². The van der Waals surface area contributed by atoms with Crippen molar-refractivity contribution in [1.29, 1.82) is 0 Å². The average molecular weight is 517 g/mol. The smallest absolute Gasteiger partial charge is 0.417 e. The molecule has 0 unspecified atom stereocenters. The second-order valence-electron chi connectivity index (χ2n) is 6.82. The Labute approximate surface area is 200 Å². The molecule has 0 saturated heterocycles. The zero-order valence-corrected chi connectivity index (χ0v) is 18.6. The average Bonchev–Trinajstić information content (AvgIpc) is 3.13. The molecule has 0 radical (unpaired) electrons. The number of rotatable bonds is 5. The van der Waals surface area contributed by atoms with Gasteiger partial charge in [-0.3, -0.25) is 0 Å². The van der Waals surface area contributed by atoms with Crippen LogP contribution < -0.4 is 4.74 Å². The van der Waals surface area contributed by atoms with E-state index in [0.717, 1.165) is 6.07 Å². The van der Waals surface area contributed by atoms with Gasteiger partial charge in [0.25, 0.3) is 0 Å². The molecule has 0 aliphatic heterocycles. The molecule has 0 bridgehead atoms. The third-order valence-electron chi connectivity index (χ3n) is 4.58. The molecule has 0 atom stereocenters. The van der Waals surface area contributed by atoms with Gasteiger partial charge in [0, 0.05) is 12.3 Å². The van der Waals surface area contributed by atoms with Gasteiger partial charge in [0.15, 0.2) is 0 Å². The lowest BCUT2D eigenvalue weighted by Crippen LogP contribution is -2.06. The summed E-state index contributed by atoms with van der Waals surface area (Å²) in [4.78, 5) is 3.64. The molecule has 0 aliphatic rings. The van der Waals surface area contributed by atoms with Crippen LogP contribution in [0.15, 0.2) is 60.8 Å². The Hall–Kier alpha value is -2.81. The standard InChI is InChI=1S/C22H12Cl3F4N3O/c23-15-2-1-3-17(26)20(15)18-9-19(25)32(31-18)14-6-4-12(5-7-14)11-33-21-16(24)8-13(10-30-21)22(27,28)29/h1-10H,11H2. The number of halogens is 7. The van der Waals surface area contributed by atoms with E-state index in [-0.39, 0.29) is 38.9 Å². The summed E-state index contributed by atoms with van der Waals surface area (Å²) < 4.78 is 59.2. The van der Waals surface area contributed by atoms with Crippen LogP contribution in [0.1, 0.15) is 11.1 Å². The molecule has 2 aromatic carbocycles. The lowest BCUT2D eigenvalue weighted by atomic mass is 10.1. The number of aromatic nitrogens is 3. The quantitative estimate of drug-likeness (QED) is 0.256. The van der Waals surface area contributed by atoms with Crippen LogP contribution in [0.2, 0.25) is 15.2 Å². The maximum Gasteiger partial charge on any atom is 0.417 e. The number of pyridine rings is 1. The van der Waals surface area contributed by atoms with Gasteiger partial charge in [0.1, 0.15) is 22.6 Å². The maximum absolute atomic E-state index is 14.2. The van der Waals surface area contributed by atoms with Crippen molar-refractivity contribution < 1.29 is 22.3 Å². The first-order valence-electron chi connectivity index (χ1n) is 9.28. The summed E-state index contributed by atoms with van der Waals surface area (Å²) >= 11 is 18.2. The van der Waals surface area contributed by atoms with E-state index < -0.39 is 17.6 Å². The van der Waals surface area contributed by atoms with E-state index in [9.17, 15) is 17.6 Å². The second-order valence-corrected chi connectivity index (χ2v) is 8.03. The predicted octanol–water partition coefficient (Wildman–Crippen LogP) is 7.63. The fourth-order valence-corrected chi connectivity index (χ4v) is 3.70. The molecule has 0 amide bonds. The van der Waals surface area contributed by atoms with E-state index in [1.807, 2.05) is 0 Å². The van der Waals surface area contributed by atoms with Gasteiger partial charge in [-0.15, -0.1) is 0 Å². The molecule has 0 spiro atoms. The molecule has 170 valence electrons. The fourth-order valence-electron chi connectivity index (χ4n) is 2.98. The van der Waals surface area contributed by atoms with Gasteiger partial charge in [-0.1, -0.05) is 53.0 Å². The highest BCUT2D eigenvalue weighted by molar-refractivity contribution is 6.33. The Morgan fingerprint density at radius 1 is 0.939 bits per heavy atom. The van der Waals surface area contributed by atoms with Crippen molar-refractivity contribution in [3.05, 3.63) is 92.9 Å². The largest absolute Gasteiger partial charge is 0.472 e. The maximum atomic E-state index is 14.2. The second kappa shape index (κ2) is 9.21. The molecule has 4 nitrogen and oxygen atoms in total. The van der Waals surface area contributed by atoms with Crippen LogP contribution in [0.3, 0.4) is 0 Å². The summed E-state index contributed by atoms with van der Waals surface area (Å²) in [5, 5.41) is 4.55. The third kappa shape index (κ3) is 5.08. The van der Waals surface area contributed by atoms with Crippen LogP contribution in [0.25, 0.3) is 16.9 Å². The minimum Gasteiger partial charge on any atom is -0.472 e. The van der Waals surface area contributed by atoms with Crippen molar-refractivity contribution in [2.45, 2.75) is 12.8 Å². The van der Waals surface area contributed by atoms with Gasteiger partial charge >= 0.3 is 6.18 Å². The zero-order chi connectivity index (χ0) is 23.8. The predicted molar refractivity (Wildman–Crippen MR) is 118 cm³/mol. The number of hydrogen-bond acceptors (Lipinski definition) is 3. The van der Waals surface area contributed by atoms with E-state index in [1.54, 1.807) is 30.3 Å². The summed E-state index contributed by atoms with van der Waals surface area (Å²) in [6.07, 6.45) is -3.89. The van der Waals surface area contributed by atoms with Crippen molar-refractivity contribution >= 4 is 34.8 Å². The van der Waals surface area contributed by atoms with Gasteiger partial charge in [-0.25, -0.2) is 14.1 Å². The molecule has 0 fully saturated rings. The molecular formula is C22H12Cl3F4N3O. The molecule has 4 aromatic rings. The summed E-state index contributed by atoms with van der Waals surface area (Å²) in [6.45, 7) is 0.0152. The van der Waals surface area contributed by atoms with Gasteiger partial charge < -0.3 is 4.74 Å². The summed E-state index contributed by atoms with van der Waals surface area (Å²) in [7, 11) is 0. The van der Waals surface area contributed by atoms with Crippen molar-refractivity contribution in [2.24, 2.45) is 0 Å². The topological polar surface area (TPSA) is 39.9 Å². The van der Waals surface area contributed by atoms with Crippen LogP contribution >= 0.6 is 34.8 Å². The highest BCUT2D eigenvalue weighted by Crippen LogP contribution is 2.34. The molecular weight excluding hydrogens is 505 g/mol. The molecule has 2 heterocycles. The highest BCUT2D eigenvalue weighted by Gasteiger charge is 2.31. The monoisotopic (exact) mass is 515 g/mol. The van der Waals surface area contributed by atoms with E-state index >= 15 is 0 Å². The Kier molecular flexibility index (Phi) is 6.52. The lowest BCUT2D eigenvalue weighted by molar-refractivity contribution is -0.137. The van der Waals surface area contributed by atoms with Crippen molar-refractivity contribution in [1.82, 2.24) is 14.8 Å². The van der Waals surface area contributed by atoms with Crippen molar-refractivity contribution in [3.63, 3.8) is 0 Å². The van der Waals surface area contributed by atoms with Crippen molar-refractivity contribution in [2.75, 3.05) is 0 Å². The van der Waals surface area contributed by atoms with Gasteiger partial charge in [-0.2, -0.15) is 18.3 Å². The Morgan fingerprint density at radius 2 is 1.67 bits per heavy atom. The first kappa shape index (κ1) is 23.4. The van der Waals surface area contributed by atoms with Crippen LogP contribution in [0.5, 0.6) is 5.88 Å². The van der Waals surface area contributed by atoms with Crippen LogP contribution in [-0.4, -0.2) is 14.8 Å². The molecule has 2 aromatic heterocycles. The van der Waals surface area contributed by atoms with E-state index in [0.29, 0.717) is 17.4 Å². The lowest BCUT2D eigenvalue weighted by Gasteiger charge is -2.11. The number of alkyl halides is 3. The van der Waals surface area contributed by atoms with Gasteiger partial charge in [0.2, 0.25) is 5.88 Å². The Morgan fingerprint density at radius 3 is 2.30 bits per heavy atom. The highest BCUT2D eigenvalue weighted by atomic mass is 35.5. The van der Waals surface area contributed by atoms with E-state index in [1.165, 1.54) is 22.9 Å². The minimum absolute atomic E-state index is 0.0152. The summed E-state index contributed by atoms with van der Waals surface area (Å²) in [5.74, 6) is -0.637. The Balaban J connectivity index is 1.50. The SMILES string of the molecule is Fc1cccc(Cl)c1-c1cc(Cl)n(-c2ccc(COc3ncc(C(F)(F)F)cc3Cl)cc2)n1. The zero-order valence-electron chi connectivity index (χ0n) is 16.4. The number of hydrogen-bond donors (Lipinski definition) is 0. The van der Waals surface area contributed by atoms with E-state index in [4.69, 9.17) is 39.5 Å². The minimum atomic E-state index is -4.55. The number of benzene rings is 2. The molecule has 11 heteroatoms. The van der Waals surface area contributed by atoms with Crippen molar-refractivity contribution in [3.8, 4) is 22.8 Å². The molecule has 0 saturated carbocycles. The molecule has 4 rings (SSSR count). The fraction of sp³-hybridized carbons (Fsp3) is 0.0909.